The molecule has 0 bridgehead atoms. The molecule has 0 aliphatic heterocycles. The Kier molecular flexibility index (Phi) is 7.22. The number of anilines is 3. The molecule has 0 saturated heterocycles. The van der Waals surface area contributed by atoms with Crippen LogP contribution in [-0.4, -0.2) is 0 Å². The minimum absolute atomic E-state index is 1.11. The van der Waals surface area contributed by atoms with Crippen LogP contribution in [0.4, 0.5) is 17.1 Å². The van der Waals surface area contributed by atoms with Crippen LogP contribution in [0.1, 0.15) is 0 Å². The fraction of sp³-hybridized carbons (Fsp3) is 0. The molecule has 49 heavy (non-hydrogen) atoms. The summed E-state index contributed by atoms with van der Waals surface area (Å²) in [6, 6.07) is 72.4. The lowest BCUT2D eigenvalue weighted by Gasteiger charge is -2.26. The first-order chi connectivity index (χ1) is 24.3. The number of nitrogens with zero attached hydrogens (tertiary/aromatic N) is 1. The highest BCUT2D eigenvalue weighted by atomic mass is 15.1. The van der Waals surface area contributed by atoms with Gasteiger partial charge in [0.2, 0.25) is 0 Å². The van der Waals surface area contributed by atoms with Gasteiger partial charge in [-0.25, -0.2) is 0 Å². The normalized spacial score (nSPS) is 11.3. The summed E-state index contributed by atoms with van der Waals surface area (Å²) in [6.07, 6.45) is 0. The van der Waals surface area contributed by atoms with Crippen LogP contribution in [-0.2, 0) is 0 Å². The van der Waals surface area contributed by atoms with Crippen LogP contribution in [0.25, 0.3) is 65.7 Å². The van der Waals surface area contributed by atoms with E-state index in [1.807, 2.05) is 0 Å². The zero-order valence-corrected chi connectivity index (χ0v) is 27.0. The van der Waals surface area contributed by atoms with Gasteiger partial charge >= 0.3 is 0 Å². The molecule has 0 atom stereocenters. The van der Waals surface area contributed by atoms with Gasteiger partial charge in [-0.05, 0) is 108 Å². The molecule has 9 rings (SSSR count). The zero-order valence-electron chi connectivity index (χ0n) is 27.0. The second-order valence-electron chi connectivity index (χ2n) is 12.6. The Morgan fingerprint density at radius 3 is 1.06 bits per heavy atom. The molecule has 0 radical (unpaired) electrons. The quantitative estimate of drug-likeness (QED) is 0.167. The largest absolute Gasteiger partial charge is 0.310 e. The van der Waals surface area contributed by atoms with E-state index >= 15 is 0 Å². The molecule has 0 aliphatic carbocycles. The Morgan fingerprint density at radius 2 is 0.551 bits per heavy atom. The van der Waals surface area contributed by atoms with E-state index in [0.29, 0.717) is 0 Å². The van der Waals surface area contributed by atoms with Crippen molar-refractivity contribution < 1.29 is 0 Å². The summed E-state index contributed by atoms with van der Waals surface area (Å²) in [5.74, 6) is 0. The van der Waals surface area contributed by atoms with Crippen LogP contribution < -0.4 is 4.90 Å². The number of benzene rings is 9. The van der Waals surface area contributed by atoms with Crippen LogP contribution in [0, 0.1) is 0 Å². The molecule has 0 aliphatic rings. The third kappa shape index (κ3) is 5.32. The third-order valence-electron chi connectivity index (χ3n) is 9.65. The maximum Gasteiger partial charge on any atom is 0.0468 e. The van der Waals surface area contributed by atoms with Gasteiger partial charge in [-0.3, -0.25) is 0 Å². The fourth-order valence-corrected chi connectivity index (χ4v) is 7.23. The highest BCUT2D eigenvalue weighted by Crippen LogP contribution is 2.41. The molecule has 9 aromatic carbocycles. The summed E-state index contributed by atoms with van der Waals surface area (Å²) in [4.78, 5) is 2.38. The lowest BCUT2D eigenvalue weighted by Crippen LogP contribution is -2.10. The predicted molar refractivity (Wildman–Crippen MR) is 210 cm³/mol. The monoisotopic (exact) mass is 623 g/mol. The van der Waals surface area contributed by atoms with E-state index in [-0.39, 0.29) is 0 Å². The summed E-state index contributed by atoms with van der Waals surface area (Å²) in [6.45, 7) is 0. The van der Waals surface area contributed by atoms with Crippen molar-refractivity contribution in [2.24, 2.45) is 0 Å². The molecule has 0 spiro atoms. The zero-order chi connectivity index (χ0) is 32.6. The molecular weight excluding hydrogens is 591 g/mol. The molecule has 0 fully saturated rings. The third-order valence-corrected chi connectivity index (χ3v) is 9.65. The van der Waals surface area contributed by atoms with Crippen molar-refractivity contribution >= 4 is 49.4 Å². The maximum atomic E-state index is 2.38. The predicted octanol–water partition coefficient (Wildman–Crippen LogP) is 13.6. The van der Waals surface area contributed by atoms with Crippen LogP contribution in [0.5, 0.6) is 0 Å². The summed E-state index contributed by atoms with van der Waals surface area (Å²) < 4.78 is 0. The van der Waals surface area contributed by atoms with Gasteiger partial charge in [-0.1, -0.05) is 158 Å². The van der Waals surface area contributed by atoms with Crippen molar-refractivity contribution in [1.82, 2.24) is 0 Å². The van der Waals surface area contributed by atoms with Crippen molar-refractivity contribution in [3.8, 4) is 33.4 Å². The van der Waals surface area contributed by atoms with E-state index in [0.717, 1.165) is 17.1 Å². The van der Waals surface area contributed by atoms with E-state index in [2.05, 4.69) is 205 Å². The fourth-order valence-electron chi connectivity index (χ4n) is 7.23. The van der Waals surface area contributed by atoms with Gasteiger partial charge in [-0.15, -0.1) is 0 Å². The molecule has 0 amide bonds. The molecule has 0 N–H and O–H groups in total. The van der Waals surface area contributed by atoms with Crippen LogP contribution in [0.2, 0.25) is 0 Å². The lowest BCUT2D eigenvalue weighted by atomic mass is 9.94. The van der Waals surface area contributed by atoms with Gasteiger partial charge in [0, 0.05) is 17.1 Å². The van der Waals surface area contributed by atoms with E-state index < -0.39 is 0 Å². The van der Waals surface area contributed by atoms with Crippen LogP contribution in [0.15, 0.2) is 200 Å². The minimum atomic E-state index is 1.11. The molecule has 0 aromatic heterocycles. The summed E-state index contributed by atoms with van der Waals surface area (Å²) in [5, 5.41) is 7.65. The van der Waals surface area contributed by atoms with E-state index in [4.69, 9.17) is 0 Å². The van der Waals surface area contributed by atoms with E-state index in [9.17, 15) is 0 Å². The molecule has 230 valence electrons. The standard InChI is InChI=1S/C48H33N/c1-3-12-34(13-4-1)36-22-26-40(27-23-36)49(41-28-24-37(25-29-41)39-17-11-16-38(32-39)35-14-5-2-6-15-35)42-30-31-47-45-20-8-7-18-43(45)44-19-9-10-21-46(44)48(47)33-42/h1-33H. The Hall–Kier alpha value is -6.44. The van der Waals surface area contributed by atoms with E-state index in [1.165, 1.54) is 65.7 Å². The summed E-state index contributed by atoms with van der Waals surface area (Å²) >= 11 is 0. The van der Waals surface area contributed by atoms with Gasteiger partial charge in [-0.2, -0.15) is 0 Å². The number of rotatable bonds is 6. The SMILES string of the molecule is c1ccc(-c2ccc(N(c3ccc(-c4cccc(-c5ccccc5)c4)cc3)c3ccc4c5ccccc5c5ccccc5c4c3)cc2)cc1. The first-order valence-electron chi connectivity index (χ1n) is 16.8. The van der Waals surface area contributed by atoms with Crippen LogP contribution >= 0.6 is 0 Å². The smallest absolute Gasteiger partial charge is 0.0468 e. The average molecular weight is 624 g/mol. The molecule has 1 heteroatoms. The second kappa shape index (κ2) is 12.3. The van der Waals surface area contributed by atoms with Crippen molar-refractivity contribution in [3.05, 3.63) is 200 Å². The Bertz CT molecular complexity index is 2530. The lowest BCUT2D eigenvalue weighted by molar-refractivity contribution is 1.29. The molecule has 9 aromatic rings. The first-order valence-corrected chi connectivity index (χ1v) is 16.8. The highest BCUT2D eigenvalue weighted by Gasteiger charge is 2.16. The van der Waals surface area contributed by atoms with Crippen molar-refractivity contribution in [3.63, 3.8) is 0 Å². The molecule has 0 saturated carbocycles. The molecule has 0 unspecified atom stereocenters. The number of fused-ring (bicyclic) bond motifs is 6. The van der Waals surface area contributed by atoms with Crippen molar-refractivity contribution in [2.45, 2.75) is 0 Å². The number of hydrogen-bond acceptors (Lipinski definition) is 1. The van der Waals surface area contributed by atoms with Gasteiger partial charge in [0.25, 0.3) is 0 Å². The summed E-state index contributed by atoms with van der Waals surface area (Å²) in [7, 11) is 0. The molecular formula is C48H33N. The van der Waals surface area contributed by atoms with Gasteiger partial charge < -0.3 is 4.90 Å². The maximum absolute atomic E-state index is 2.38. The number of hydrogen-bond donors (Lipinski definition) is 0. The Balaban J connectivity index is 1.18. The minimum Gasteiger partial charge on any atom is -0.310 e. The topological polar surface area (TPSA) is 3.24 Å². The molecule has 0 heterocycles. The first kappa shape index (κ1) is 28.8. The Labute approximate surface area is 287 Å². The van der Waals surface area contributed by atoms with Crippen LogP contribution in [0.3, 0.4) is 0 Å². The van der Waals surface area contributed by atoms with Gasteiger partial charge in [0.05, 0.1) is 0 Å². The van der Waals surface area contributed by atoms with Crippen molar-refractivity contribution in [2.75, 3.05) is 4.90 Å². The second-order valence-corrected chi connectivity index (χ2v) is 12.6. The van der Waals surface area contributed by atoms with Gasteiger partial charge in [0.1, 0.15) is 0 Å². The Morgan fingerprint density at radius 1 is 0.204 bits per heavy atom. The molecule has 1 nitrogen and oxygen atoms in total. The van der Waals surface area contributed by atoms with Gasteiger partial charge in [0.15, 0.2) is 0 Å². The highest BCUT2D eigenvalue weighted by molar-refractivity contribution is 6.25. The van der Waals surface area contributed by atoms with Crippen molar-refractivity contribution in [1.29, 1.82) is 0 Å². The average Bonchev–Trinajstić information content (AvgIpc) is 3.19. The summed E-state index contributed by atoms with van der Waals surface area (Å²) in [5.41, 5.74) is 10.6. The van der Waals surface area contributed by atoms with E-state index in [1.54, 1.807) is 0 Å².